The molecule has 0 saturated carbocycles. The van der Waals surface area contributed by atoms with Crippen LogP contribution in [-0.2, 0) is 5.75 Å². The molecular formula is C16H14ClFN4OS. The minimum absolute atomic E-state index is 0.217. The normalized spacial score (nSPS) is 10.8. The summed E-state index contributed by atoms with van der Waals surface area (Å²) in [6.45, 7) is 0. The molecule has 124 valence electrons. The van der Waals surface area contributed by atoms with Gasteiger partial charge >= 0.3 is 0 Å². The van der Waals surface area contributed by atoms with E-state index in [1.807, 2.05) is 12.1 Å². The average Bonchev–Trinajstić information content (AvgIpc) is 2.94. The second-order valence-corrected chi connectivity index (χ2v) is 6.32. The van der Waals surface area contributed by atoms with Crippen LogP contribution >= 0.6 is 23.4 Å². The highest BCUT2D eigenvalue weighted by Gasteiger charge is 2.13. The predicted octanol–water partition coefficient (Wildman–Crippen LogP) is 3.75. The van der Waals surface area contributed by atoms with Gasteiger partial charge in [-0.3, -0.25) is 0 Å². The van der Waals surface area contributed by atoms with Gasteiger partial charge in [0.1, 0.15) is 0 Å². The van der Waals surface area contributed by atoms with E-state index >= 15 is 0 Å². The lowest BCUT2D eigenvalue weighted by Crippen LogP contribution is -2.11. The molecule has 1 aromatic heterocycles. The molecule has 8 heteroatoms. The molecule has 3 aromatic rings. The minimum atomic E-state index is -0.399. The van der Waals surface area contributed by atoms with Crippen LogP contribution in [0.2, 0.25) is 5.02 Å². The molecule has 2 N–H and O–H groups in total. The first kappa shape index (κ1) is 16.6. The Morgan fingerprint density at radius 1 is 1.25 bits per heavy atom. The Labute approximate surface area is 147 Å². The van der Waals surface area contributed by atoms with Crippen molar-refractivity contribution < 1.29 is 9.13 Å². The number of nitrogens with two attached hydrogens (primary N) is 1. The molecule has 0 radical (unpaired) electrons. The topological polar surface area (TPSA) is 66.0 Å². The van der Waals surface area contributed by atoms with Crippen LogP contribution in [0.5, 0.6) is 5.75 Å². The van der Waals surface area contributed by atoms with Gasteiger partial charge in [0.25, 0.3) is 0 Å². The number of nitrogen functional groups attached to an aromatic ring is 1. The fourth-order valence-corrected chi connectivity index (χ4v) is 3.14. The fraction of sp³-hybridized carbons (Fsp3) is 0.125. The maximum Gasteiger partial charge on any atom is 0.210 e. The zero-order chi connectivity index (χ0) is 17.1. The molecule has 0 unspecified atom stereocenters. The number of thioether (sulfide) groups is 1. The Kier molecular flexibility index (Phi) is 4.92. The molecule has 0 atom stereocenters. The first-order valence-corrected chi connectivity index (χ1v) is 8.36. The van der Waals surface area contributed by atoms with Crippen molar-refractivity contribution in [3.05, 3.63) is 58.9 Å². The number of rotatable bonds is 5. The van der Waals surface area contributed by atoms with Crippen LogP contribution in [0.4, 0.5) is 4.39 Å². The second kappa shape index (κ2) is 7.11. The molecule has 0 fully saturated rings. The second-order valence-electron chi connectivity index (χ2n) is 4.94. The summed E-state index contributed by atoms with van der Waals surface area (Å²) in [6, 6.07) is 12.0. The van der Waals surface area contributed by atoms with E-state index in [0.717, 1.165) is 11.1 Å². The highest BCUT2D eigenvalue weighted by Crippen LogP contribution is 2.27. The van der Waals surface area contributed by atoms with Crippen molar-refractivity contribution in [1.82, 2.24) is 14.9 Å². The molecule has 5 nitrogen and oxygen atoms in total. The monoisotopic (exact) mass is 364 g/mol. The lowest BCUT2D eigenvalue weighted by Gasteiger charge is -2.06. The van der Waals surface area contributed by atoms with Crippen molar-refractivity contribution in [3.63, 3.8) is 0 Å². The SMILES string of the molecule is COc1ccc(CSc2nnc(-c3cccc(Cl)c3)n2N)cc1F. The number of benzene rings is 2. The van der Waals surface area contributed by atoms with Crippen LogP contribution < -0.4 is 10.6 Å². The third-order valence-corrected chi connectivity index (χ3v) is 4.58. The van der Waals surface area contributed by atoms with E-state index in [0.29, 0.717) is 21.8 Å². The van der Waals surface area contributed by atoms with Gasteiger partial charge in [-0.25, -0.2) is 9.07 Å². The largest absolute Gasteiger partial charge is 0.494 e. The van der Waals surface area contributed by atoms with Crippen molar-refractivity contribution in [2.24, 2.45) is 0 Å². The zero-order valence-electron chi connectivity index (χ0n) is 12.7. The Morgan fingerprint density at radius 3 is 2.79 bits per heavy atom. The number of methoxy groups -OCH3 is 1. The molecule has 3 rings (SSSR count). The van der Waals surface area contributed by atoms with E-state index in [9.17, 15) is 4.39 Å². The molecule has 2 aromatic carbocycles. The van der Waals surface area contributed by atoms with E-state index in [-0.39, 0.29) is 5.75 Å². The van der Waals surface area contributed by atoms with Gasteiger partial charge in [0.05, 0.1) is 7.11 Å². The van der Waals surface area contributed by atoms with Crippen molar-refractivity contribution >= 4 is 23.4 Å². The number of ether oxygens (including phenoxy) is 1. The van der Waals surface area contributed by atoms with E-state index in [4.69, 9.17) is 22.2 Å². The smallest absolute Gasteiger partial charge is 0.210 e. The summed E-state index contributed by atoms with van der Waals surface area (Å²) in [5, 5.41) is 9.31. The third kappa shape index (κ3) is 3.47. The summed E-state index contributed by atoms with van der Waals surface area (Å²) in [6.07, 6.45) is 0. The van der Waals surface area contributed by atoms with Gasteiger partial charge in [-0.1, -0.05) is 41.6 Å². The van der Waals surface area contributed by atoms with Gasteiger partial charge < -0.3 is 10.6 Å². The standard InChI is InChI=1S/C16H14ClFN4OS/c1-23-14-6-5-10(7-13(14)18)9-24-16-21-20-15(22(16)19)11-3-2-4-12(17)8-11/h2-8H,9,19H2,1H3. The lowest BCUT2D eigenvalue weighted by molar-refractivity contribution is 0.386. The summed E-state index contributed by atoms with van der Waals surface area (Å²) in [4.78, 5) is 0. The van der Waals surface area contributed by atoms with Gasteiger partial charge in [-0.05, 0) is 29.8 Å². The van der Waals surface area contributed by atoms with Crippen LogP contribution in [0.1, 0.15) is 5.56 Å². The number of hydrogen-bond acceptors (Lipinski definition) is 5. The number of hydrogen-bond donors (Lipinski definition) is 1. The van der Waals surface area contributed by atoms with Crippen molar-refractivity contribution in [2.75, 3.05) is 13.0 Å². The van der Waals surface area contributed by atoms with E-state index in [1.54, 1.807) is 24.3 Å². The number of aromatic nitrogens is 3. The lowest BCUT2D eigenvalue weighted by atomic mass is 10.2. The Balaban J connectivity index is 1.76. The molecule has 1 heterocycles. The van der Waals surface area contributed by atoms with Crippen LogP contribution in [-0.4, -0.2) is 22.0 Å². The molecule has 24 heavy (non-hydrogen) atoms. The van der Waals surface area contributed by atoms with E-state index in [2.05, 4.69) is 10.2 Å². The van der Waals surface area contributed by atoms with Crippen LogP contribution in [0.15, 0.2) is 47.6 Å². The molecule has 0 spiro atoms. The van der Waals surface area contributed by atoms with Crippen molar-refractivity contribution in [3.8, 4) is 17.1 Å². The summed E-state index contributed by atoms with van der Waals surface area (Å²) in [5.74, 6) is 6.90. The predicted molar refractivity (Wildman–Crippen MR) is 93.1 cm³/mol. The van der Waals surface area contributed by atoms with Crippen molar-refractivity contribution in [2.45, 2.75) is 10.9 Å². The molecular weight excluding hydrogens is 351 g/mol. The van der Waals surface area contributed by atoms with Crippen LogP contribution in [0.25, 0.3) is 11.4 Å². The minimum Gasteiger partial charge on any atom is -0.494 e. The van der Waals surface area contributed by atoms with Gasteiger partial charge in [0, 0.05) is 16.3 Å². The summed E-state index contributed by atoms with van der Waals surface area (Å²) in [7, 11) is 1.43. The summed E-state index contributed by atoms with van der Waals surface area (Å²) < 4.78 is 20.0. The van der Waals surface area contributed by atoms with Gasteiger partial charge in [-0.2, -0.15) is 0 Å². The summed E-state index contributed by atoms with van der Waals surface area (Å²) >= 11 is 7.35. The molecule has 0 aliphatic rings. The molecule has 0 amide bonds. The maximum absolute atomic E-state index is 13.7. The quantitative estimate of drug-likeness (QED) is 0.551. The van der Waals surface area contributed by atoms with Crippen LogP contribution in [0.3, 0.4) is 0 Å². The average molecular weight is 365 g/mol. The Bertz CT molecular complexity index is 871. The summed E-state index contributed by atoms with van der Waals surface area (Å²) in [5.41, 5.74) is 1.57. The highest BCUT2D eigenvalue weighted by atomic mass is 35.5. The number of halogens is 2. The Hall–Kier alpha value is -2.25. The third-order valence-electron chi connectivity index (χ3n) is 3.33. The molecule has 0 aliphatic heterocycles. The van der Waals surface area contributed by atoms with Crippen LogP contribution in [0, 0.1) is 5.82 Å². The van der Waals surface area contributed by atoms with Gasteiger partial charge in [0.2, 0.25) is 5.16 Å². The number of nitrogens with zero attached hydrogens (tertiary/aromatic N) is 3. The Morgan fingerprint density at radius 2 is 2.08 bits per heavy atom. The van der Waals surface area contributed by atoms with Crippen molar-refractivity contribution in [1.29, 1.82) is 0 Å². The highest BCUT2D eigenvalue weighted by molar-refractivity contribution is 7.98. The maximum atomic E-state index is 13.7. The molecule has 0 saturated heterocycles. The fourth-order valence-electron chi connectivity index (χ4n) is 2.15. The van der Waals surface area contributed by atoms with E-state index in [1.165, 1.54) is 29.6 Å². The molecule has 0 aliphatic carbocycles. The first-order valence-electron chi connectivity index (χ1n) is 7.00. The van der Waals surface area contributed by atoms with Gasteiger partial charge in [0.15, 0.2) is 17.4 Å². The van der Waals surface area contributed by atoms with Gasteiger partial charge in [-0.15, -0.1) is 10.2 Å². The zero-order valence-corrected chi connectivity index (χ0v) is 14.3. The van der Waals surface area contributed by atoms with E-state index < -0.39 is 5.82 Å². The molecule has 0 bridgehead atoms. The first-order chi connectivity index (χ1) is 11.6.